The highest BCUT2D eigenvalue weighted by Crippen LogP contribution is 2.29. The normalized spacial score (nSPS) is 12.5. The van der Waals surface area contributed by atoms with Gasteiger partial charge in [-0.1, -0.05) is 18.2 Å². The third kappa shape index (κ3) is 2.77. The number of rotatable bonds is 4. The molecule has 0 spiro atoms. The molecule has 0 aliphatic carbocycles. The summed E-state index contributed by atoms with van der Waals surface area (Å²) in [5, 5.41) is 16.2. The van der Waals surface area contributed by atoms with Crippen molar-refractivity contribution in [1.29, 1.82) is 0 Å². The molecular formula is C17H13N3O2S2. The lowest BCUT2D eigenvalue weighted by Crippen LogP contribution is -2.28. The first-order valence-corrected chi connectivity index (χ1v) is 8.98. The van der Waals surface area contributed by atoms with Crippen LogP contribution in [0.25, 0.3) is 21.1 Å². The first-order valence-electron chi connectivity index (χ1n) is 7.37. The van der Waals surface area contributed by atoms with Gasteiger partial charge in [0, 0.05) is 22.4 Å². The van der Waals surface area contributed by atoms with Gasteiger partial charge < -0.3 is 10.4 Å². The summed E-state index contributed by atoms with van der Waals surface area (Å²) < 4.78 is 9.37. The van der Waals surface area contributed by atoms with E-state index >= 15 is 0 Å². The highest BCUT2D eigenvalue weighted by Gasteiger charge is 2.15. The Morgan fingerprint density at radius 3 is 2.92 bits per heavy atom. The molecule has 2 heterocycles. The monoisotopic (exact) mass is 355 g/mol. The maximum absolute atomic E-state index is 12.3. The lowest BCUT2D eigenvalue weighted by molar-refractivity contribution is 0.0917. The first-order chi connectivity index (χ1) is 11.7. The van der Waals surface area contributed by atoms with Crippen molar-refractivity contribution < 1.29 is 9.90 Å². The summed E-state index contributed by atoms with van der Waals surface area (Å²) in [5.74, 6) is -0.233. The average Bonchev–Trinajstić information content (AvgIpc) is 3.25. The van der Waals surface area contributed by atoms with E-state index in [1.165, 1.54) is 0 Å². The lowest BCUT2D eigenvalue weighted by atomic mass is 10.1. The van der Waals surface area contributed by atoms with Gasteiger partial charge >= 0.3 is 0 Å². The maximum Gasteiger partial charge on any atom is 0.251 e. The number of hydrogen-bond donors (Lipinski definition) is 2. The van der Waals surface area contributed by atoms with Crippen molar-refractivity contribution in [3.8, 4) is 0 Å². The number of fused-ring (bicyclic) bond motifs is 2. The van der Waals surface area contributed by atoms with Crippen molar-refractivity contribution in [3.63, 3.8) is 0 Å². The Balaban J connectivity index is 1.48. The molecule has 0 aliphatic rings. The summed E-state index contributed by atoms with van der Waals surface area (Å²) in [7, 11) is 0. The van der Waals surface area contributed by atoms with Gasteiger partial charge in [-0.15, -0.1) is 11.3 Å². The van der Waals surface area contributed by atoms with Crippen molar-refractivity contribution in [2.24, 2.45) is 0 Å². The quantitative estimate of drug-likeness (QED) is 0.588. The van der Waals surface area contributed by atoms with Crippen LogP contribution in [-0.4, -0.2) is 26.3 Å². The molecule has 2 N–H and O–H groups in total. The molecule has 1 atom stereocenters. The molecule has 2 aromatic heterocycles. The van der Waals surface area contributed by atoms with E-state index in [0.717, 1.165) is 32.9 Å². The maximum atomic E-state index is 12.3. The number of carbonyl (C=O) groups excluding carboxylic acids is 1. The summed E-state index contributed by atoms with van der Waals surface area (Å²) in [4.78, 5) is 12.3. The zero-order chi connectivity index (χ0) is 16.5. The van der Waals surface area contributed by atoms with Crippen LogP contribution in [0.4, 0.5) is 0 Å². The number of aliphatic hydroxyl groups excluding tert-OH is 1. The van der Waals surface area contributed by atoms with Gasteiger partial charge in [0.05, 0.1) is 17.8 Å². The lowest BCUT2D eigenvalue weighted by Gasteiger charge is -2.11. The van der Waals surface area contributed by atoms with Crippen LogP contribution in [0.2, 0.25) is 0 Å². The molecular weight excluding hydrogens is 342 g/mol. The molecule has 0 saturated carbocycles. The Labute approximate surface area is 145 Å². The van der Waals surface area contributed by atoms with Gasteiger partial charge in [0.25, 0.3) is 5.91 Å². The third-order valence-electron chi connectivity index (χ3n) is 3.84. The number of hydrogen-bond acceptors (Lipinski definition) is 6. The van der Waals surface area contributed by atoms with E-state index in [1.807, 2.05) is 29.6 Å². The molecule has 24 heavy (non-hydrogen) atoms. The van der Waals surface area contributed by atoms with Gasteiger partial charge in [0.15, 0.2) is 0 Å². The van der Waals surface area contributed by atoms with Gasteiger partial charge in [0.2, 0.25) is 0 Å². The largest absolute Gasteiger partial charge is 0.387 e. The molecule has 1 amide bonds. The van der Waals surface area contributed by atoms with E-state index in [0.29, 0.717) is 11.1 Å². The smallest absolute Gasteiger partial charge is 0.251 e. The SMILES string of the molecule is O=C(NC[C@@H](O)c1csc2ccccc12)c1ccc2nsnc2c1. The van der Waals surface area contributed by atoms with E-state index in [4.69, 9.17) is 0 Å². The fourth-order valence-electron chi connectivity index (χ4n) is 2.58. The predicted octanol–water partition coefficient (Wildman–Crippen LogP) is 3.37. The van der Waals surface area contributed by atoms with Gasteiger partial charge in [-0.05, 0) is 35.0 Å². The van der Waals surface area contributed by atoms with Crippen molar-refractivity contribution in [3.05, 3.63) is 59.0 Å². The molecule has 7 heteroatoms. The van der Waals surface area contributed by atoms with Crippen LogP contribution in [0.1, 0.15) is 22.0 Å². The second-order valence-corrected chi connectivity index (χ2v) is 6.82. The molecule has 0 aliphatic heterocycles. The summed E-state index contributed by atoms with van der Waals surface area (Å²) in [6, 6.07) is 13.1. The van der Waals surface area contributed by atoms with E-state index in [-0.39, 0.29) is 12.5 Å². The molecule has 5 nitrogen and oxygen atoms in total. The summed E-state index contributed by atoms with van der Waals surface area (Å²) in [6.45, 7) is 0.160. The van der Waals surface area contributed by atoms with Gasteiger partial charge in [-0.25, -0.2) is 0 Å². The predicted molar refractivity (Wildman–Crippen MR) is 96.5 cm³/mol. The van der Waals surface area contributed by atoms with Gasteiger partial charge in [0.1, 0.15) is 11.0 Å². The number of carbonyl (C=O) groups is 1. The minimum absolute atomic E-state index is 0.160. The van der Waals surface area contributed by atoms with Crippen LogP contribution < -0.4 is 5.32 Å². The molecule has 0 fully saturated rings. The van der Waals surface area contributed by atoms with Crippen molar-refractivity contribution in [2.45, 2.75) is 6.10 Å². The first kappa shape index (κ1) is 15.2. The minimum Gasteiger partial charge on any atom is -0.387 e. The van der Waals surface area contributed by atoms with Crippen molar-refractivity contribution in [1.82, 2.24) is 14.1 Å². The Hall–Kier alpha value is -2.35. The zero-order valence-electron chi connectivity index (χ0n) is 12.5. The second kappa shape index (κ2) is 6.27. The van der Waals surface area contributed by atoms with Crippen molar-refractivity contribution >= 4 is 50.1 Å². The van der Waals surface area contributed by atoms with Crippen LogP contribution in [0, 0.1) is 0 Å². The fraction of sp³-hybridized carbons (Fsp3) is 0.118. The molecule has 120 valence electrons. The van der Waals surface area contributed by atoms with Crippen LogP contribution in [0.15, 0.2) is 47.8 Å². The van der Waals surface area contributed by atoms with E-state index in [2.05, 4.69) is 14.1 Å². The number of amides is 1. The van der Waals surface area contributed by atoms with E-state index in [9.17, 15) is 9.90 Å². The standard InChI is InChI=1S/C17H13N3O2S2/c21-15(12-9-23-16-4-2-1-3-11(12)16)8-18-17(22)10-5-6-13-14(7-10)20-24-19-13/h1-7,9,15,21H,8H2,(H,18,22)/t15-/m1/s1. The van der Waals surface area contributed by atoms with E-state index in [1.54, 1.807) is 29.5 Å². The minimum atomic E-state index is -0.741. The summed E-state index contributed by atoms with van der Waals surface area (Å²) in [6.07, 6.45) is -0.741. The van der Waals surface area contributed by atoms with Crippen LogP contribution >= 0.6 is 23.1 Å². The molecule has 0 saturated heterocycles. The summed E-state index contributed by atoms with van der Waals surface area (Å²) >= 11 is 2.71. The fourth-order valence-corrected chi connectivity index (χ4v) is 4.11. The van der Waals surface area contributed by atoms with Crippen molar-refractivity contribution in [2.75, 3.05) is 6.54 Å². The van der Waals surface area contributed by atoms with Crippen LogP contribution in [0.5, 0.6) is 0 Å². The van der Waals surface area contributed by atoms with Crippen LogP contribution in [-0.2, 0) is 0 Å². The Kier molecular flexibility index (Phi) is 3.97. The topological polar surface area (TPSA) is 75.1 Å². The third-order valence-corrected chi connectivity index (χ3v) is 5.38. The molecule has 0 bridgehead atoms. The Bertz CT molecular complexity index is 1020. The molecule has 0 unspecified atom stereocenters. The molecule has 4 rings (SSSR count). The number of aromatic nitrogens is 2. The molecule has 0 radical (unpaired) electrons. The number of nitrogens with one attached hydrogen (secondary N) is 1. The summed E-state index contributed by atoms with van der Waals surface area (Å²) in [5.41, 5.74) is 2.84. The van der Waals surface area contributed by atoms with Gasteiger partial charge in [-0.2, -0.15) is 8.75 Å². The number of benzene rings is 2. The Morgan fingerprint density at radius 2 is 2.00 bits per heavy atom. The highest BCUT2D eigenvalue weighted by molar-refractivity contribution is 7.17. The number of nitrogens with zero attached hydrogens (tertiary/aromatic N) is 2. The average molecular weight is 355 g/mol. The van der Waals surface area contributed by atoms with Gasteiger partial charge in [-0.3, -0.25) is 4.79 Å². The number of aliphatic hydroxyl groups is 1. The zero-order valence-corrected chi connectivity index (χ0v) is 14.1. The molecule has 4 aromatic rings. The second-order valence-electron chi connectivity index (χ2n) is 5.38. The molecule has 2 aromatic carbocycles. The van der Waals surface area contributed by atoms with E-state index < -0.39 is 6.10 Å². The number of thiophene rings is 1. The van der Waals surface area contributed by atoms with Crippen LogP contribution in [0.3, 0.4) is 0 Å². The highest BCUT2D eigenvalue weighted by atomic mass is 32.1. The Morgan fingerprint density at radius 1 is 1.17 bits per heavy atom.